The van der Waals surface area contributed by atoms with Gasteiger partial charge in [0.2, 0.25) is 0 Å². The molecule has 2 aromatic rings. The number of hydrogen-bond acceptors (Lipinski definition) is 1. The number of likely N-dealkylation sites (N-methyl/N-ethyl adjacent to an activating group) is 1. The molecule has 21 heavy (non-hydrogen) atoms. The molecular weight excluding hydrogens is 306 g/mol. The summed E-state index contributed by atoms with van der Waals surface area (Å²) in [6.45, 7) is 0. The van der Waals surface area contributed by atoms with Crippen molar-refractivity contribution in [3.05, 3.63) is 69.8 Å². The molecule has 2 aromatic carbocycles. The molecule has 0 aliphatic heterocycles. The van der Waals surface area contributed by atoms with Gasteiger partial charge in [-0.05, 0) is 48.9 Å². The average molecular weight is 318 g/mol. The molecule has 1 nitrogen and oxygen atoms in total. The largest absolute Gasteiger partial charge is 0.313 e. The first kappa shape index (κ1) is 15.8. The summed E-state index contributed by atoms with van der Waals surface area (Å²) in [4.78, 5) is 0. The van der Waals surface area contributed by atoms with Crippen molar-refractivity contribution in [1.82, 2.24) is 5.32 Å². The van der Waals surface area contributed by atoms with Crippen LogP contribution in [-0.2, 0) is 6.42 Å². The predicted molar refractivity (Wildman–Crippen MR) is 73.2 cm³/mol. The van der Waals surface area contributed by atoms with Crippen LogP contribution < -0.4 is 5.32 Å². The molecule has 0 saturated heterocycles. The highest BCUT2D eigenvalue weighted by Crippen LogP contribution is 2.24. The van der Waals surface area contributed by atoms with Crippen LogP contribution in [0.25, 0.3) is 0 Å². The molecule has 0 spiro atoms. The lowest BCUT2D eigenvalue weighted by atomic mass is 9.98. The van der Waals surface area contributed by atoms with Gasteiger partial charge in [-0.2, -0.15) is 0 Å². The van der Waals surface area contributed by atoms with E-state index in [1.54, 1.807) is 13.1 Å². The summed E-state index contributed by atoms with van der Waals surface area (Å²) in [5.41, 5.74) is 0.839. The van der Waals surface area contributed by atoms with E-state index in [0.29, 0.717) is 5.56 Å². The Kier molecular flexibility index (Phi) is 4.85. The van der Waals surface area contributed by atoms with Crippen molar-refractivity contribution in [3.8, 4) is 0 Å². The quantitative estimate of drug-likeness (QED) is 0.651. The number of halogens is 5. The van der Waals surface area contributed by atoms with Gasteiger partial charge in [-0.1, -0.05) is 17.7 Å². The molecular formula is C15H12ClF4N. The normalized spacial score (nSPS) is 12.5. The first-order valence-electron chi connectivity index (χ1n) is 6.18. The topological polar surface area (TPSA) is 12.0 Å². The van der Waals surface area contributed by atoms with E-state index in [0.717, 1.165) is 12.1 Å². The molecule has 0 fully saturated rings. The Balaban J connectivity index is 2.29. The number of benzene rings is 2. The summed E-state index contributed by atoms with van der Waals surface area (Å²) in [7, 11) is 1.59. The van der Waals surface area contributed by atoms with Crippen LogP contribution in [0, 0.1) is 23.3 Å². The van der Waals surface area contributed by atoms with E-state index in [-0.39, 0.29) is 17.0 Å². The summed E-state index contributed by atoms with van der Waals surface area (Å²) >= 11 is 5.60. The lowest BCUT2D eigenvalue weighted by Gasteiger charge is -2.17. The summed E-state index contributed by atoms with van der Waals surface area (Å²) < 4.78 is 52.9. The van der Waals surface area contributed by atoms with Gasteiger partial charge >= 0.3 is 0 Å². The van der Waals surface area contributed by atoms with Crippen LogP contribution >= 0.6 is 11.6 Å². The molecule has 0 aliphatic rings. The van der Waals surface area contributed by atoms with Gasteiger partial charge in [-0.25, -0.2) is 17.6 Å². The van der Waals surface area contributed by atoms with Gasteiger partial charge in [0.05, 0.1) is 5.02 Å². The lowest BCUT2D eigenvalue weighted by molar-refractivity contribution is 0.441. The van der Waals surface area contributed by atoms with Crippen LogP contribution in [0.4, 0.5) is 17.6 Å². The third-order valence-corrected chi connectivity index (χ3v) is 3.49. The second-order valence-electron chi connectivity index (χ2n) is 4.59. The summed E-state index contributed by atoms with van der Waals surface area (Å²) in [6, 6.07) is 5.63. The Morgan fingerprint density at radius 3 is 2.14 bits per heavy atom. The average Bonchev–Trinajstić information content (AvgIpc) is 2.45. The zero-order chi connectivity index (χ0) is 15.6. The van der Waals surface area contributed by atoms with Crippen molar-refractivity contribution in [2.75, 3.05) is 7.05 Å². The molecule has 2 rings (SSSR count). The molecule has 0 heterocycles. The van der Waals surface area contributed by atoms with Crippen LogP contribution in [0.5, 0.6) is 0 Å². The van der Waals surface area contributed by atoms with Crippen molar-refractivity contribution < 1.29 is 17.6 Å². The molecule has 6 heteroatoms. The van der Waals surface area contributed by atoms with E-state index in [2.05, 4.69) is 5.32 Å². The number of hydrogen-bond donors (Lipinski definition) is 1. The van der Waals surface area contributed by atoms with Crippen molar-refractivity contribution >= 4 is 11.6 Å². The number of nitrogens with one attached hydrogen (secondary N) is 1. The van der Waals surface area contributed by atoms with Crippen molar-refractivity contribution in [2.24, 2.45) is 0 Å². The van der Waals surface area contributed by atoms with Crippen LogP contribution in [0.1, 0.15) is 17.2 Å². The van der Waals surface area contributed by atoms with E-state index in [1.165, 1.54) is 12.1 Å². The van der Waals surface area contributed by atoms with E-state index in [4.69, 9.17) is 11.6 Å². The van der Waals surface area contributed by atoms with Gasteiger partial charge in [0.15, 0.2) is 17.5 Å². The van der Waals surface area contributed by atoms with Gasteiger partial charge in [0.1, 0.15) is 5.82 Å². The van der Waals surface area contributed by atoms with Gasteiger partial charge in [0.25, 0.3) is 0 Å². The van der Waals surface area contributed by atoms with Gasteiger partial charge < -0.3 is 5.32 Å². The predicted octanol–water partition coefficient (Wildman–Crippen LogP) is 4.40. The van der Waals surface area contributed by atoms with E-state index < -0.39 is 29.3 Å². The summed E-state index contributed by atoms with van der Waals surface area (Å²) in [5, 5.41) is 2.86. The fraction of sp³-hybridized carbons (Fsp3) is 0.200. The molecule has 1 unspecified atom stereocenters. The third kappa shape index (κ3) is 3.54. The molecule has 0 amide bonds. The fourth-order valence-corrected chi connectivity index (χ4v) is 2.18. The van der Waals surface area contributed by atoms with Crippen molar-refractivity contribution in [3.63, 3.8) is 0 Å². The molecule has 0 aromatic heterocycles. The zero-order valence-corrected chi connectivity index (χ0v) is 11.8. The first-order chi connectivity index (χ1) is 9.92. The Labute approximate surface area is 124 Å². The maximum Gasteiger partial charge on any atom is 0.194 e. The van der Waals surface area contributed by atoms with Crippen LogP contribution in [-0.4, -0.2) is 7.05 Å². The molecule has 0 bridgehead atoms. The Bertz CT molecular complexity index is 637. The summed E-state index contributed by atoms with van der Waals surface area (Å²) in [6.07, 6.45) is 0.273. The standard InChI is InChI=1S/C15H12ClF4N/c1-21-14(5-8-2-3-10(16)11(17)4-8)9-6-12(18)15(20)13(19)7-9/h2-4,6-7,14,21H,5H2,1H3. The van der Waals surface area contributed by atoms with Crippen LogP contribution in [0.2, 0.25) is 5.02 Å². The lowest BCUT2D eigenvalue weighted by Crippen LogP contribution is -2.19. The van der Waals surface area contributed by atoms with E-state index in [9.17, 15) is 17.6 Å². The molecule has 0 saturated carbocycles. The minimum Gasteiger partial charge on any atom is -0.313 e. The zero-order valence-electron chi connectivity index (χ0n) is 11.1. The highest BCUT2D eigenvalue weighted by Gasteiger charge is 2.17. The third-order valence-electron chi connectivity index (χ3n) is 3.18. The molecule has 0 aliphatic carbocycles. The fourth-order valence-electron chi connectivity index (χ4n) is 2.07. The maximum absolute atomic E-state index is 13.4. The van der Waals surface area contributed by atoms with Crippen molar-refractivity contribution in [1.29, 1.82) is 0 Å². The van der Waals surface area contributed by atoms with Crippen LogP contribution in [0.3, 0.4) is 0 Å². The Morgan fingerprint density at radius 2 is 1.62 bits per heavy atom. The van der Waals surface area contributed by atoms with Gasteiger partial charge in [-0.15, -0.1) is 0 Å². The SMILES string of the molecule is CNC(Cc1ccc(Cl)c(F)c1)c1cc(F)c(F)c(F)c1. The van der Waals surface area contributed by atoms with Gasteiger partial charge in [-0.3, -0.25) is 0 Å². The first-order valence-corrected chi connectivity index (χ1v) is 6.55. The summed E-state index contributed by atoms with van der Waals surface area (Å²) in [5.74, 6) is -4.59. The maximum atomic E-state index is 13.4. The second kappa shape index (κ2) is 6.45. The van der Waals surface area contributed by atoms with E-state index in [1.807, 2.05) is 0 Å². The smallest absolute Gasteiger partial charge is 0.194 e. The van der Waals surface area contributed by atoms with Crippen molar-refractivity contribution in [2.45, 2.75) is 12.5 Å². The molecule has 0 radical (unpaired) electrons. The highest BCUT2D eigenvalue weighted by atomic mass is 35.5. The highest BCUT2D eigenvalue weighted by molar-refractivity contribution is 6.30. The minimum absolute atomic E-state index is 0.00127. The Morgan fingerprint density at radius 1 is 1.00 bits per heavy atom. The number of rotatable bonds is 4. The Hall–Kier alpha value is -1.59. The molecule has 1 atom stereocenters. The molecule has 112 valence electrons. The molecule has 1 N–H and O–H groups in total. The van der Waals surface area contributed by atoms with Gasteiger partial charge in [0, 0.05) is 6.04 Å². The minimum atomic E-state index is -1.51. The van der Waals surface area contributed by atoms with E-state index >= 15 is 0 Å². The van der Waals surface area contributed by atoms with Crippen LogP contribution in [0.15, 0.2) is 30.3 Å². The monoisotopic (exact) mass is 317 g/mol. The second-order valence-corrected chi connectivity index (χ2v) is 5.00.